The molecule has 1 unspecified atom stereocenters. The van der Waals surface area contributed by atoms with Gasteiger partial charge >= 0.3 is 0 Å². The molecule has 1 aliphatic heterocycles. The maximum Gasteiger partial charge on any atom is 0.150 e. The van der Waals surface area contributed by atoms with Gasteiger partial charge in [-0.3, -0.25) is 0 Å². The van der Waals surface area contributed by atoms with E-state index in [0.717, 1.165) is 28.0 Å². The van der Waals surface area contributed by atoms with Crippen molar-refractivity contribution in [3.8, 4) is 0 Å². The first kappa shape index (κ1) is 16.5. The molecular weight excluding hydrogens is 480 g/mol. The Hall–Kier alpha value is 1.09. The van der Waals surface area contributed by atoms with Crippen LogP contribution in [-0.4, -0.2) is 30.6 Å². The van der Waals surface area contributed by atoms with Crippen LogP contribution in [-0.2, 0) is 16.3 Å². The highest BCUT2D eigenvalue weighted by Crippen LogP contribution is 2.43. The zero-order valence-corrected chi connectivity index (χ0v) is 16.6. The van der Waals surface area contributed by atoms with E-state index in [9.17, 15) is 8.42 Å². The summed E-state index contributed by atoms with van der Waals surface area (Å²) in [6.45, 7) is 0. The van der Waals surface area contributed by atoms with Crippen LogP contribution in [0.5, 0.6) is 0 Å². The molecule has 108 valence electrons. The number of hydrogen-bond donors (Lipinski definition) is 0. The summed E-state index contributed by atoms with van der Waals surface area (Å²) < 4.78 is 24.6. The highest BCUT2D eigenvalue weighted by atomic mass is 79.9. The summed E-state index contributed by atoms with van der Waals surface area (Å²) >= 11 is 12.5. The highest BCUT2D eigenvalue weighted by molar-refractivity contribution is 9.10. The first-order chi connectivity index (χ1) is 8.92. The van der Waals surface area contributed by atoms with Crippen LogP contribution in [0.25, 0.3) is 0 Å². The normalized spacial score (nSPS) is 22.8. The molecule has 19 heavy (non-hydrogen) atoms. The third-order valence-electron chi connectivity index (χ3n) is 3.83. The van der Waals surface area contributed by atoms with E-state index in [1.807, 2.05) is 0 Å². The second-order valence-corrected chi connectivity index (χ2v) is 10.3. The number of thiophene rings is 1. The molecule has 1 atom stereocenters. The summed E-state index contributed by atoms with van der Waals surface area (Å²) in [6, 6.07) is 2.05. The van der Waals surface area contributed by atoms with Crippen molar-refractivity contribution in [1.82, 2.24) is 0 Å². The Morgan fingerprint density at radius 1 is 1.37 bits per heavy atom. The number of sulfone groups is 1. The zero-order valence-electron chi connectivity index (χ0n) is 10.2. The molecule has 1 aromatic heterocycles. The predicted octanol–water partition coefficient (Wildman–Crippen LogP) is 4.26. The van der Waals surface area contributed by atoms with Gasteiger partial charge in [0.2, 0.25) is 0 Å². The van der Waals surface area contributed by atoms with Gasteiger partial charge in [-0.2, -0.15) is 0 Å². The maximum absolute atomic E-state index is 11.8. The van der Waals surface area contributed by atoms with Crippen molar-refractivity contribution in [2.24, 2.45) is 11.3 Å². The van der Waals surface area contributed by atoms with E-state index < -0.39 is 9.84 Å². The molecule has 0 aromatic carbocycles. The van der Waals surface area contributed by atoms with Gasteiger partial charge in [-0.25, -0.2) is 8.42 Å². The number of rotatable bonds is 5. The lowest BCUT2D eigenvalue weighted by Gasteiger charge is -2.35. The summed E-state index contributed by atoms with van der Waals surface area (Å²) in [5.74, 6) is 0.892. The van der Waals surface area contributed by atoms with E-state index >= 15 is 0 Å². The third-order valence-corrected chi connectivity index (χ3v) is 9.76. The predicted molar refractivity (Wildman–Crippen MR) is 92.5 cm³/mol. The topological polar surface area (TPSA) is 34.1 Å². The molecular formula is C12H15Br3O2S2. The molecule has 0 N–H and O–H groups in total. The van der Waals surface area contributed by atoms with Crippen LogP contribution < -0.4 is 0 Å². The molecule has 0 amide bonds. The van der Waals surface area contributed by atoms with E-state index in [0.29, 0.717) is 11.5 Å². The summed E-state index contributed by atoms with van der Waals surface area (Å²) in [7, 11) is -2.84. The van der Waals surface area contributed by atoms with Crippen LogP contribution in [0.4, 0.5) is 0 Å². The Kier molecular flexibility index (Phi) is 5.60. The van der Waals surface area contributed by atoms with Crippen molar-refractivity contribution < 1.29 is 8.42 Å². The van der Waals surface area contributed by atoms with Gasteiger partial charge in [0, 0.05) is 20.0 Å². The Labute approximate surface area is 143 Å². The standard InChI is InChI=1S/C12H15Br3O2S2/c13-7-12(8-14,5-11-10(15)1-3-18-11)9-2-4-19(16,17)6-9/h1,3,9H,2,4-8H2. The van der Waals surface area contributed by atoms with Crippen LogP contribution in [0.3, 0.4) is 0 Å². The first-order valence-electron chi connectivity index (χ1n) is 5.97. The Balaban J connectivity index is 2.25. The quantitative estimate of drug-likeness (QED) is 0.573. The molecule has 2 nitrogen and oxygen atoms in total. The largest absolute Gasteiger partial charge is 0.229 e. The molecule has 1 saturated heterocycles. The van der Waals surface area contributed by atoms with E-state index in [1.165, 1.54) is 4.88 Å². The van der Waals surface area contributed by atoms with Crippen molar-refractivity contribution in [3.63, 3.8) is 0 Å². The smallest absolute Gasteiger partial charge is 0.150 e. The fourth-order valence-electron chi connectivity index (χ4n) is 2.54. The van der Waals surface area contributed by atoms with Gasteiger partial charge in [0.1, 0.15) is 0 Å². The van der Waals surface area contributed by atoms with Gasteiger partial charge in [0.05, 0.1) is 11.5 Å². The van der Waals surface area contributed by atoms with Crippen LogP contribution in [0, 0.1) is 11.3 Å². The molecule has 0 radical (unpaired) electrons. The van der Waals surface area contributed by atoms with Crippen LogP contribution in [0.1, 0.15) is 11.3 Å². The molecule has 7 heteroatoms. The summed E-state index contributed by atoms with van der Waals surface area (Å²) in [5, 5.41) is 3.70. The van der Waals surface area contributed by atoms with Gasteiger partial charge in [-0.1, -0.05) is 31.9 Å². The van der Waals surface area contributed by atoms with Crippen molar-refractivity contribution in [3.05, 3.63) is 20.8 Å². The second-order valence-electron chi connectivity index (χ2n) is 5.10. The molecule has 0 spiro atoms. The molecule has 1 aliphatic rings. The lowest BCUT2D eigenvalue weighted by Crippen LogP contribution is -2.37. The fourth-order valence-corrected chi connectivity index (χ4v) is 8.37. The molecule has 0 bridgehead atoms. The van der Waals surface area contributed by atoms with Crippen molar-refractivity contribution >= 4 is 69.0 Å². The van der Waals surface area contributed by atoms with E-state index in [1.54, 1.807) is 11.3 Å². The van der Waals surface area contributed by atoms with Crippen molar-refractivity contribution in [1.29, 1.82) is 0 Å². The lowest BCUT2D eigenvalue weighted by atomic mass is 9.75. The zero-order chi connectivity index (χ0) is 14.1. The molecule has 0 aliphatic carbocycles. The van der Waals surface area contributed by atoms with Gasteiger partial charge in [0.25, 0.3) is 0 Å². The maximum atomic E-state index is 11.8. The highest BCUT2D eigenvalue weighted by Gasteiger charge is 2.43. The number of halogens is 3. The number of alkyl halides is 2. The van der Waals surface area contributed by atoms with E-state index in [4.69, 9.17) is 0 Å². The minimum atomic E-state index is -2.84. The Morgan fingerprint density at radius 3 is 2.47 bits per heavy atom. The third kappa shape index (κ3) is 3.65. The molecule has 2 heterocycles. The van der Waals surface area contributed by atoms with E-state index in [-0.39, 0.29) is 11.3 Å². The van der Waals surface area contributed by atoms with E-state index in [2.05, 4.69) is 59.2 Å². The Bertz CT molecular complexity index is 535. The molecule has 1 fully saturated rings. The van der Waals surface area contributed by atoms with Crippen LogP contribution in [0.2, 0.25) is 0 Å². The van der Waals surface area contributed by atoms with Gasteiger partial charge in [0.15, 0.2) is 9.84 Å². The number of hydrogen-bond acceptors (Lipinski definition) is 3. The molecule has 1 aromatic rings. The Morgan fingerprint density at radius 2 is 2.05 bits per heavy atom. The van der Waals surface area contributed by atoms with Crippen molar-refractivity contribution in [2.45, 2.75) is 12.8 Å². The van der Waals surface area contributed by atoms with Gasteiger partial charge < -0.3 is 0 Å². The summed E-state index contributed by atoms with van der Waals surface area (Å²) in [4.78, 5) is 1.29. The van der Waals surface area contributed by atoms with Crippen molar-refractivity contribution in [2.75, 3.05) is 22.2 Å². The van der Waals surface area contributed by atoms with Gasteiger partial charge in [-0.05, 0) is 51.6 Å². The monoisotopic (exact) mass is 492 g/mol. The minimum Gasteiger partial charge on any atom is -0.229 e. The average Bonchev–Trinajstić information content (AvgIpc) is 2.93. The fraction of sp³-hybridized carbons (Fsp3) is 0.667. The first-order valence-corrected chi connectivity index (χ1v) is 11.7. The second kappa shape index (κ2) is 6.46. The SMILES string of the molecule is O=S1(=O)CCC(C(CBr)(CBr)Cc2sccc2Br)C1. The minimum absolute atomic E-state index is 0.0308. The van der Waals surface area contributed by atoms with Crippen LogP contribution >= 0.6 is 59.1 Å². The van der Waals surface area contributed by atoms with Crippen LogP contribution in [0.15, 0.2) is 15.9 Å². The summed E-state index contributed by atoms with van der Waals surface area (Å²) in [6.07, 6.45) is 1.68. The molecule has 2 rings (SSSR count). The average molecular weight is 495 g/mol. The van der Waals surface area contributed by atoms with Gasteiger partial charge in [-0.15, -0.1) is 11.3 Å². The lowest BCUT2D eigenvalue weighted by molar-refractivity contribution is 0.254. The summed E-state index contributed by atoms with van der Waals surface area (Å²) in [5.41, 5.74) is -0.0308. The molecule has 0 saturated carbocycles.